The zero-order chi connectivity index (χ0) is 84.9. The van der Waals surface area contributed by atoms with Crippen LogP contribution in [0.1, 0.15) is 115 Å². The first-order chi connectivity index (χ1) is 56.5. The Bertz CT molecular complexity index is 3450. The number of amides is 9. The summed E-state index contributed by atoms with van der Waals surface area (Å²) < 4.78 is 71.7. The lowest BCUT2D eigenvalue weighted by Gasteiger charge is -2.18. The number of alkyl halides is 1. The van der Waals surface area contributed by atoms with Crippen molar-refractivity contribution in [2.75, 3.05) is 175 Å². The minimum Gasteiger partial charge on any atom is -0.394 e. The van der Waals surface area contributed by atoms with Crippen LogP contribution in [-0.2, 0) is 93.8 Å². The average Bonchev–Trinajstić information content (AvgIpc) is 1.71. The third-order valence-corrected chi connectivity index (χ3v) is 22.0. The number of hydrogen-bond donors (Lipinski definition) is 16. The van der Waals surface area contributed by atoms with Crippen LogP contribution in [0.15, 0.2) is 22.0 Å². The number of carbonyl (C=O) groups is 8. The molecule has 14 atom stereocenters. The molecule has 0 saturated carbocycles. The van der Waals surface area contributed by atoms with Crippen molar-refractivity contribution in [3.05, 3.63) is 44.5 Å². The number of nitrogens with two attached hydrogens (primary N) is 3. The quantitative estimate of drug-likeness (QED) is 0.0169. The van der Waals surface area contributed by atoms with Crippen molar-refractivity contribution in [3.63, 3.8) is 0 Å². The fourth-order valence-electron chi connectivity index (χ4n) is 12.8. The zero-order valence-electron chi connectivity index (χ0n) is 66.1. The van der Waals surface area contributed by atoms with Crippen LogP contribution < -0.4 is 65.8 Å². The lowest BCUT2D eigenvalue weighted by atomic mass is 10.0. The van der Waals surface area contributed by atoms with Crippen molar-refractivity contribution in [2.24, 2.45) is 5.73 Å². The molecule has 9 rings (SSSR count). The molecule has 2 unspecified atom stereocenters. The van der Waals surface area contributed by atoms with Crippen molar-refractivity contribution in [1.82, 2.24) is 61.4 Å². The van der Waals surface area contributed by atoms with Gasteiger partial charge in [0, 0.05) is 97.3 Å². The molecule has 9 heterocycles. The number of unbranched alkanes of at least 4 members (excludes halogenated alkanes) is 2. The Balaban J connectivity index is 0.000000291. The van der Waals surface area contributed by atoms with E-state index in [-0.39, 0.29) is 111 Å². The maximum Gasteiger partial charge on any atom is 0.351 e. The molecule has 42 nitrogen and oxygen atoms in total. The summed E-state index contributed by atoms with van der Waals surface area (Å²) in [6.45, 7) is 6.37. The highest BCUT2D eigenvalue weighted by Crippen LogP contribution is 2.35. The molecule has 0 aliphatic carbocycles. The fraction of sp³-hybridized carbons (Fsp3) is 0.775. The van der Waals surface area contributed by atoms with E-state index in [4.69, 9.17) is 75.9 Å². The van der Waals surface area contributed by atoms with E-state index in [1.54, 1.807) is 0 Å². The molecule has 2 aromatic rings. The third kappa shape index (κ3) is 33.6. The Morgan fingerprint density at radius 3 is 1.29 bits per heavy atom. The number of hydrogen-bond acceptors (Lipinski definition) is 34. The molecule has 7 fully saturated rings. The molecule has 0 radical (unpaired) electrons. The van der Waals surface area contributed by atoms with Crippen LogP contribution in [0.3, 0.4) is 0 Å². The van der Waals surface area contributed by atoms with Gasteiger partial charge in [0.25, 0.3) is 11.8 Å². The molecule has 0 bridgehead atoms. The van der Waals surface area contributed by atoms with Gasteiger partial charge in [0.15, 0.2) is 12.5 Å². The minimum atomic E-state index is -1.43. The van der Waals surface area contributed by atoms with Crippen molar-refractivity contribution < 1.29 is 127 Å². The van der Waals surface area contributed by atoms with Crippen molar-refractivity contribution in [2.45, 2.75) is 186 Å². The van der Waals surface area contributed by atoms with Gasteiger partial charge in [0.2, 0.25) is 17.7 Å². The highest BCUT2D eigenvalue weighted by molar-refractivity contribution is 8.00. The van der Waals surface area contributed by atoms with Gasteiger partial charge in [-0.1, -0.05) is 12.8 Å². The molecule has 7 aliphatic rings. The molecule has 45 heteroatoms. The van der Waals surface area contributed by atoms with Gasteiger partial charge in [0.05, 0.1) is 158 Å². The Labute approximate surface area is 680 Å². The highest BCUT2D eigenvalue weighted by atomic mass is 32.2. The molecule has 2 aromatic heterocycles. The summed E-state index contributed by atoms with van der Waals surface area (Å²) in [5.41, 5.74) is 16.7. The van der Waals surface area contributed by atoms with Gasteiger partial charge in [-0.2, -0.15) is 33.5 Å². The Kier molecular flexibility index (Phi) is 45.4. The molecule has 658 valence electrons. The van der Waals surface area contributed by atoms with E-state index in [0.717, 1.165) is 59.2 Å². The molecule has 7 aliphatic heterocycles. The van der Waals surface area contributed by atoms with Gasteiger partial charge in [-0.3, -0.25) is 37.5 Å². The number of aromatic nitrogens is 4. The van der Waals surface area contributed by atoms with Gasteiger partial charge in [-0.25, -0.2) is 24.0 Å². The van der Waals surface area contributed by atoms with Crippen LogP contribution in [0.2, 0.25) is 0 Å². The predicted molar refractivity (Wildman–Crippen MR) is 414 cm³/mol. The second-order valence-corrected chi connectivity index (χ2v) is 29.9. The summed E-state index contributed by atoms with van der Waals surface area (Å²) in [6.07, 6.45) is 1.90. The number of hydroxylamine groups is 2. The number of urea groups is 2. The zero-order valence-corrected chi connectivity index (χ0v) is 66.8. The van der Waals surface area contributed by atoms with Gasteiger partial charge >= 0.3 is 29.4 Å². The standard InChI is InChI=1S/C33H55N7O12S.C25H40N4O10S.C12H20N4O5.CH3F/c34-30-21(18-40(33(47)39-30)31-29(45)28(44)23(19-41)52-31)4-3-8-35-26(43)7-10-48-12-14-50-16-17-51-15-13-49-11-9-36-25(42)6-2-1-5-24-27-22(20-53-24)37-32(46)38-27;30-20(4-2-1-3-19-24-18(17-40-19)27-25(34)28-24)26-8-10-36-12-14-38-16-15-37-13-11-35-9-7-23(33)39-29-21(31)5-6-22(29)32;13-3-1-2-6-4-16(12(20)15-10(6)14)11-9(19)8(18)7(5-17)21-11;1-2/h18,22-24,27-29,31,41,44-45H,1-17,19-20H2,(H,35,43)(H,36,42)(H2,34,39,47)(H2,37,38,46);18-19,24H,1-17H2,(H,26,30)(H2,27,28,34);4,7-9,11,17-19H,1-3,5,13H2,(H2,14,15,20);1H3/t22-,23+,24-,27-,28?,29-,31+;18-,19-,24-;7-,8?,9+,11-;/m001./s1/i;;;1D. The number of aliphatic hydroxyl groups excluding tert-OH is 6. The molecule has 19 N–H and O–H groups in total. The normalized spacial score (nSPS) is 24.3. The van der Waals surface area contributed by atoms with E-state index < -0.39 is 98.6 Å². The number of aliphatic hydroxyl groups is 6. The van der Waals surface area contributed by atoms with Gasteiger partial charge < -0.3 is 137 Å². The largest absolute Gasteiger partial charge is 0.394 e. The van der Waals surface area contributed by atoms with Gasteiger partial charge in [-0.15, -0.1) is 5.06 Å². The van der Waals surface area contributed by atoms with E-state index in [1.165, 1.54) is 12.4 Å². The Morgan fingerprint density at radius 1 is 0.526 bits per heavy atom. The summed E-state index contributed by atoms with van der Waals surface area (Å²) in [5, 5.41) is 80.0. The van der Waals surface area contributed by atoms with E-state index in [9.17, 15) is 77.9 Å². The smallest absolute Gasteiger partial charge is 0.351 e. The molecule has 116 heavy (non-hydrogen) atoms. The number of halogens is 1. The third-order valence-electron chi connectivity index (χ3n) is 19.0. The highest BCUT2D eigenvalue weighted by Gasteiger charge is 2.47. The molecule has 0 aromatic carbocycles. The molecule has 0 spiro atoms. The number of aryl methyl sites for hydroxylation is 2. The summed E-state index contributed by atoms with van der Waals surface area (Å²) in [5.74, 6) is 0.133. The fourth-order valence-corrected chi connectivity index (χ4v) is 15.9. The number of nitrogens with one attached hydrogen (secondary N) is 7. The number of fused-ring (bicyclic) bond motifs is 2. The number of nitrogen functional groups attached to an aromatic ring is 2. The number of anilines is 2. The molecular formula is C71H118FN15O27S2. The number of imide groups is 1. The van der Waals surface area contributed by atoms with Crippen LogP contribution in [0, 0.1) is 0 Å². The van der Waals surface area contributed by atoms with Crippen molar-refractivity contribution >= 4 is 82.7 Å². The SMILES string of the molecule is NCCCc1cn([C@@H]2O[C@H](CO)C(O)[C@@H]2O)c(=O)nc1N.Nc1nc(=O)n([C@@H]2O[C@H](CO)C(O)[C@@H]2O)cc1CCCNC(=O)CCOCCOCCOCCOCCNC(=O)CCCC[C@@H]1SC[C@@H]2NC(=O)N[C@@H]21.O=C(CCCC[C@@H]1SC[C@@H]2NC(=O)N[C@@H]21)NCCOCCOCCOCCOCCC(=O)ON1C(=O)CCC1=O.[2H]CF. The van der Waals surface area contributed by atoms with Crippen LogP contribution >= 0.6 is 23.5 Å². The Morgan fingerprint density at radius 2 is 0.897 bits per heavy atom. The lowest BCUT2D eigenvalue weighted by molar-refractivity contribution is -0.198. The molecule has 9 amide bonds. The first-order valence-electron chi connectivity index (χ1n) is 39.6. The van der Waals surface area contributed by atoms with Crippen molar-refractivity contribution in [1.29, 1.82) is 0 Å². The van der Waals surface area contributed by atoms with Crippen LogP contribution in [-0.4, -0.2) is 337 Å². The second-order valence-electron chi connectivity index (χ2n) is 27.4. The second kappa shape index (κ2) is 54.9. The monoisotopic (exact) mass is 1700 g/mol. The molecule has 7 saturated heterocycles. The number of rotatable bonds is 52. The van der Waals surface area contributed by atoms with Gasteiger partial charge in [-0.05, 0) is 57.9 Å². The summed E-state index contributed by atoms with van der Waals surface area (Å²) in [7, 11) is -1.00. The number of carbonyl (C=O) groups excluding carboxylic acids is 8. The first-order valence-corrected chi connectivity index (χ1v) is 41.0. The van der Waals surface area contributed by atoms with Crippen LogP contribution in [0.5, 0.6) is 0 Å². The van der Waals surface area contributed by atoms with E-state index in [1.807, 2.05) is 23.5 Å². The maximum absolute atomic E-state index is 12.3. The predicted octanol–water partition coefficient (Wildman–Crippen LogP) is -4.41. The lowest BCUT2D eigenvalue weighted by Crippen LogP contribution is -2.36. The summed E-state index contributed by atoms with van der Waals surface area (Å²) >= 11 is 3.77. The summed E-state index contributed by atoms with van der Waals surface area (Å²) in [4.78, 5) is 130. The summed E-state index contributed by atoms with van der Waals surface area (Å²) in [6, 6.07) is 0.724. The van der Waals surface area contributed by atoms with E-state index >= 15 is 0 Å². The van der Waals surface area contributed by atoms with E-state index in [2.05, 4.69) is 47.2 Å². The maximum atomic E-state index is 12.3. The van der Waals surface area contributed by atoms with Gasteiger partial charge in [0.1, 0.15) is 48.3 Å². The number of thioether (sulfide) groups is 2. The number of ether oxygens (including phenoxy) is 10. The average molecular weight is 1700 g/mol. The van der Waals surface area contributed by atoms with Crippen LogP contribution in [0.25, 0.3) is 0 Å². The number of nitrogens with zero attached hydrogens (tertiary/aromatic N) is 5. The minimum absolute atomic E-state index is 0.0134. The topological polar surface area (TPSA) is 595 Å². The first kappa shape index (κ1) is 96.0. The van der Waals surface area contributed by atoms with Crippen LogP contribution in [0.4, 0.5) is 25.6 Å². The van der Waals surface area contributed by atoms with E-state index in [0.29, 0.717) is 177 Å². The van der Waals surface area contributed by atoms with Crippen molar-refractivity contribution in [3.8, 4) is 0 Å². The molecular weight excluding hydrogens is 1580 g/mol. The Hall–Kier alpha value is -7.13.